The van der Waals surface area contributed by atoms with Crippen LogP contribution in [-0.4, -0.2) is 41.9 Å². The minimum atomic E-state index is 0.0782. The Morgan fingerprint density at radius 3 is 2.41 bits per heavy atom. The van der Waals surface area contributed by atoms with Gasteiger partial charge in [-0.3, -0.25) is 14.6 Å². The molecule has 2 heterocycles. The zero-order chi connectivity index (χ0) is 22.3. The van der Waals surface area contributed by atoms with Gasteiger partial charge in [0.25, 0.3) is 0 Å². The van der Waals surface area contributed by atoms with Gasteiger partial charge >= 0.3 is 0 Å². The summed E-state index contributed by atoms with van der Waals surface area (Å²) >= 11 is 3.55. The van der Waals surface area contributed by atoms with Crippen molar-refractivity contribution in [3.05, 3.63) is 69.7 Å². The summed E-state index contributed by atoms with van der Waals surface area (Å²) in [6.07, 6.45) is 4.66. The fourth-order valence-corrected chi connectivity index (χ4v) is 5.40. The van der Waals surface area contributed by atoms with Crippen LogP contribution in [0.2, 0.25) is 0 Å². The lowest BCUT2D eigenvalue weighted by atomic mass is 9.96. The van der Waals surface area contributed by atoms with Crippen molar-refractivity contribution in [1.82, 2.24) is 15.1 Å². The third-order valence-electron chi connectivity index (χ3n) is 6.91. The molecule has 0 saturated carbocycles. The summed E-state index contributed by atoms with van der Waals surface area (Å²) in [5, 5.41) is 3.21. The topological polar surface area (TPSA) is 35.6 Å². The molecule has 2 aliphatic rings. The monoisotopic (exact) mass is 497 g/mol. The number of hydrogen-bond acceptors (Lipinski definition) is 3. The normalized spacial score (nSPS) is 20.9. The zero-order valence-corrected chi connectivity index (χ0v) is 20.8. The summed E-state index contributed by atoms with van der Waals surface area (Å²) in [6, 6.07) is 17.2. The average molecular weight is 499 g/mol. The van der Waals surface area contributed by atoms with E-state index in [1.165, 1.54) is 42.6 Å². The van der Waals surface area contributed by atoms with Gasteiger partial charge in [0, 0.05) is 30.7 Å². The van der Waals surface area contributed by atoms with Gasteiger partial charge in [0.2, 0.25) is 5.91 Å². The van der Waals surface area contributed by atoms with E-state index in [2.05, 4.69) is 86.5 Å². The molecule has 5 heteroatoms. The van der Waals surface area contributed by atoms with Crippen molar-refractivity contribution in [3.63, 3.8) is 0 Å². The van der Waals surface area contributed by atoms with Gasteiger partial charge in [0.15, 0.2) is 0 Å². The van der Waals surface area contributed by atoms with E-state index in [1.54, 1.807) is 0 Å². The van der Waals surface area contributed by atoms with E-state index < -0.39 is 0 Å². The van der Waals surface area contributed by atoms with Crippen LogP contribution in [0.1, 0.15) is 49.3 Å². The number of likely N-dealkylation sites (tertiary alicyclic amines) is 2. The fourth-order valence-electron chi connectivity index (χ4n) is 4.96. The average Bonchev–Trinajstić information content (AvgIpc) is 2.79. The molecule has 2 saturated heterocycles. The molecule has 4 nitrogen and oxygen atoms in total. The minimum Gasteiger partial charge on any atom is -0.352 e. The number of nitrogens with one attached hydrogen (secondary N) is 1. The van der Waals surface area contributed by atoms with Crippen LogP contribution in [0.4, 0.5) is 0 Å². The lowest BCUT2D eigenvalue weighted by Crippen LogP contribution is -2.42. The minimum absolute atomic E-state index is 0.0782. The van der Waals surface area contributed by atoms with Gasteiger partial charge in [-0.25, -0.2) is 0 Å². The van der Waals surface area contributed by atoms with Crippen molar-refractivity contribution in [3.8, 4) is 0 Å². The number of halogens is 1. The molecule has 0 radical (unpaired) electrons. The highest BCUT2D eigenvalue weighted by Crippen LogP contribution is 2.21. The summed E-state index contributed by atoms with van der Waals surface area (Å²) in [5.74, 6) is 1.13. The van der Waals surface area contributed by atoms with Crippen LogP contribution in [0.25, 0.3) is 0 Å². The number of carbonyl (C=O) groups excluding carboxylic acids is 1. The molecule has 2 aromatic rings. The molecule has 1 N–H and O–H groups in total. The van der Waals surface area contributed by atoms with Gasteiger partial charge < -0.3 is 5.32 Å². The third-order valence-corrected chi connectivity index (χ3v) is 7.41. The molecule has 1 amide bonds. The van der Waals surface area contributed by atoms with E-state index in [0.29, 0.717) is 6.54 Å². The molecule has 2 aromatic carbocycles. The second-order valence-corrected chi connectivity index (χ2v) is 10.6. The summed E-state index contributed by atoms with van der Waals surface area (Å²) in [6.45, 7) is 9.18. The molecule has 4 rings (SSSR count). The summed E-state index contributed by atoms with van der Waals surface area (Å²) < 4.78 is 1.11. The molecule has 172 valence electrons. The quantitative estimate of drug-likeness (QED) is 0.570. The Labute approximate surface area is 201 Å². The van der Waals surface area contributed by atoms with Gasteiger partial charge in [-0.1, -0.05) is 59.3 Å². The molecule has 0 bridgehead atoms. The van der Waals surface area contributed by atoms with Crippen molar-refractivity contribution in [2.24, 2.45) is 11.8 Å². The summed E-state index contributed by atoms with van der Waals surface area (Å²) in [7, 11) is 0. The van der Waals surface area contributed by atoms with Crippen molar-refractivity contribution in [1.29, 1.82) is 0 Å². The van der Waals surface area contributed by atoms with Crippen LogP contribution < -0.4 is 5.32 Å². The Bertz CT molecular complexity index is 894. The van der Waals surface area contributed by atoms with Gasteiger partial charge in [-0.05, 0) is 80.1 Å². The molecule has 1 atom stereocenters. The smallest absolute Gasteiger partial charge is 0.224 e. The van der Waals surface area contributed by atoms with Crippen LogP contribution in [0.3, 0.4) is 0 Å². The van der Waals surface area contributed by atoms with Gasteiger partial charge in [0.1, 0.15) is 0 Å². The Morgan fingerprint density at radius 1 is 0.938 bits per heavy atom. The maximum Gasteiger partial charge on any atom is 0.224 e. The molecule has 1 unspecified atom stereocenters. The van der Waals surface area contributed by atoms with E-state index in [1.807, 2.05) is 0 Å². The Hall–Kier alpha value is -1.69. The van der Waals surface area contributed by atoms with E-state index in [0.717, 1.165) is 49.4 Å². The van der Waals surface area contributed by atoms with Crippen LogP contribution in [0, 0.1) is 11.8 Å². The molecular formula is C27H36BrN3O. The number of rotatable bonds is 7. The SMILES string of the molecule is CC1CCN(Cc2cccc(CNC(=O)C3CCCN(Cc4cccc(Br)c4)C3)c2)CC1. The number of piperidine rings is 2. The highest BCUT2D eigenvalue weighted by molar-refractivity contribution is 9.10. The predicted octanol–water partition coefficient (Wildman–Crippen LogP) is 5.21. The van der Waals surface area contributed by atoms with Crippen molar-refractivity contribution < 1.29 is 4.79 Å². The van der Waals surface area contributed by atoms with E-state index in [9.17, 15) is 4.79 Å². The number of carbonyl (C=O) groups is 1. The first-order valence-corrected chi connectivity index (χ1v) is 12.9. The standard InChI is InChI=1S/C27H36BrN3O/c1-21-10-13-30(14-11-21)18-23-6-2-5-22(15-23)17-29-27(32)25-8-4-12-31(20-25)19-24-7-3-9-26(28)16-24/h2-3,5-7,9,15-16,21,25H,4,8,10-14,17-20H2,1H3,(H,29,32). The summed E-state index contributed by atoms with van der Waals surface area (Å²) in [5.41, 5.74) is 3.84. The second kappa shape index (κ2) is 11.4. The van der Waals surface area contributed by atoms with Crippen molar-refractivity contribution in [2.75, 3.05) is 26.2 Å². The molecule has 2 fully saturated rings. The van der Waals surface area contributed by atoms with Gasteiger partial charge in [-0.2, -0.15) is 0 Å². The highest BCUT2D eigenvalue weighted by Gasteiger charge is 2.25. The molecule has 0 spiro atoms. The molecular weight excluding hydrogens is 462 g/mol. The first-order chi connectivity index (χ1) is 15.5. The highest BCUT2D eigenvalue weighted by atomic mass is 79.9. The molecule has 2 aliphatic heterocycles. The van der Waals surface area contributed by atoms with E-state index >= 15 is 0 Å². The van der Waals surface area contributed by atoms with Gasteiger partial charge in [-0.15, -0.1) is 0 Å². The van der Waals surface area contributed by atoms with Crippen LogP contribution in [0.15, 0.2) is 53.0 Å². The van der Waals surface area contributed by atoms with Crippen LogP contribution >= 0.6 is 15.9 Å². The fraction of sp³-hybridized carbons (Fsp3) is 0.519. The lowest BCUT2D eigenvalue weighted by molar-refractivity contribution is -0.126. The predicted molar refractivity (Wildman–Crippen MR) is 134 cm³/mol. The van der Waals surface area contributed by atoms with E-state index in [-0.39, 0.29) is 11.8 Å². The Morgan fingerprint density at radius 2 is 1.62 bits per heavy atom. The first-order valence-electron chi connectivity index (χ1n) is 12.1. The number of hydrogen-bond donors (Lipinski definition) is 1. The van der Waals surface area contributed by atoms with Gasteiger partial charge in [0.05, 0.1) is 5.92 Å². The molecule has 32 heavy (non-hydrogen) atoms. The molecule has 0 aromatic heterocycles. The Kier molecular flexibility index (Phi) is 8.39. The maximum absolute atomic E-state index is 12.9. The van der Waals surface area contributed by atoms with Crippen molar-refractivity contribution in [2.45, 2.75) is 52.2 Å². The largest absolute Gasteiger partial charge is 0.352 e. The number of nitrogens with zero attached hydrogens (tertiary/aromatic N) is 2. The van der Waals surface area contributed by atoms with Crippen LogP contribution in [0.5, 0.6) is 0 Å². The van der Waals surface area contributed by atoms with Crippen molar-refractivity contribution >= 4 is 21.8 Å². The first kappa shape index (κ1) is 23.5. The maximum atomic E-state index is 12.9. The summed E-state index contributed by atoms with van der Waals surface area (Å²) in [4.78, 5) is 17.9. The lowest BCUT2D eigenvalue weighted by Gasteiger charge is -2.32. The number of benzene rings is 2. The number of amides is 1. The molecule has 0 aliphatic carbocycles. The second-order valence-electron chi connectivity index (χ2n) is 9.70. The third kappa shape index (κ3) is 6.90. The van der Waals surface area contributed by atoms with Crippen LogP contribution in [-0.2, 0) is 24.4 Å². The Balaban J connectivity index is 1.26. The zero-order valence-electron chi connectivity index (χ0n) is 19.2. The van der Waals surface area contributed by atoms with E-state index in [4.69, 9.17) is 0 Å².